The SMILES string of the molecule is CCCCC(CC)Nc1c(F)cc(Br)cc1F. The van der Waals surface area contributed by atoms with E-state index in [0.717, 1.165) is 25.7 Å². The molecule has 0 aromatic heterocycles. The summed E-state index contributed by atoms with van der Waals surface area (Å²) in [4.78, 5) is 0. The standard InChI is InChI=1S/C13H18BrF2N/c1-3-5-6-10(4-2)17-13-11(15)7-9(14)8-12(13)16/h7-8,10,17H,3-6H2,1-2H3. The van der Waals surface area contributed by atoms with Gasteiger partial charge in [-0.2, -0.15) is 0 Å². The summed E-state index contributed by atoms with van der Waals surface area (Å²) in [5.41, 5.74) is -0.0175. The van der Waals surface area contributed by atoms with Crippen LogP contribution in [0.2, 0.25) is 0 Å². The number of halogens is 3. The molecule has 0 aliphatic rings. The van der Waals surface area contributed by atoms with Gasteiger partial charge in [0.1, 0.15) is 17.3 Å². The molecule has 0 saturated carbocycles. The number of hydrogen-bond acceptors (Lipinski definition) is 1. The molecule has 0 aliphatic heterocycles. The topological polar surface area (TPSA) is 12.0 Å². The van der Waals surface area contributed by atoms with Crippen molar-refractivity contribution in [2.45, 2.75) is 45.6 Å². The molecule has 96 valence electrons. The maximum absolute atomic E-state index is 13.6. The Bertz CT molecular complexity index is 345. The Kier molecular flexibility index (Phi) is 5.89. The minimum atomic E-state index is -0.549. The first-order valence-electron chi connectivity index (χ1n) is 5.99. The van der Waals surface area contributed by atoms with Crippen molar-refractivity contribution in [3.05, 3.63) is 28.2 Å². The third-order valence-corrected chi connectivity index (χ3v) is 3.21. The highest BCUT2D eigenvalue weighted by atomic mass is 79.9. The van der Waals surface area contributed by atoms with Crippen LogP contribution in [0.4, 0.5) is 14.5 Å². The van der Waals surface area contributed by atoms with E-state index in [1.165, 1.54) is 12.1 Å². The highest BCUT2D eigenvalue weighted by Gasteiger charge is 2.14. The van der Waals surface area contributed by atoms with Crippen molar-refractivity contribution in [1.29, 1.82) is 0 Å². The van der Waals surface area contributed by atoms with Gasteiger partial charge in [0, 0.05) is 10.5 Å². The van der Waals surface area contributed by atoms with Crippen LogP contribution in [-0.2, 0) is 0 Å². The van der Waals surface area contributed by atoms with Gasteiger partial charge < -0.3 is 5.32 Å². The normalized spacial score (nSPS) is 12.5. The molecule has 1 aromatic carbocycles. The second kappa shape index (κ2) is 6.94. The summed E-state index contributed by atoms with van der Waals surface area (Å²) in [7, 11) is 0. The largest absolute Gasteiger partial charge is 0.378 e. The number of anilines is 1. The van der Waals surface area contributed by atoms with Crippen LogP contribution in [0.5, 0.6) is 0 Å². The fourth-order valence-electron chi connectivity index (χ4n) is 1.71. The van der Waals surface area contributed by atoms with Crippen molar-refractivity contribution in [3.63, 3.8) is 0 Å². The zero-order valence-electron chi connectivity index (χ0n) is 10.2. The molecule has 0 aliphatic carbocycles. The van der Waals surface area contributed by atoms with Crippen LogP contribution in [-0.4, -0.2) is 6.04 Å². The highest BCUT2D eigenvalue weighted by Crippen LogP contribution is 2.25. The molecule has 1 nitrogen and oxygen atoms in total. The van der Waals surface area contributed by atoms with Crippen molar-refractivity contribution in [3.8, 4) is 0 Å². The summed E-state index contributed by atoms with van der Waals surface area (Å²) in [6.07, 6.45) is 3.94. The summed E-state index contributed by atoms with van der Waals surface area (Å²) in [6.45, 7) is 4.12. The number of nitrogens with one attached hydrogen (secondary N) is 1. The Morgan fingerprint density at radius 1 is 1.24 bits per heavy atom. The molecule has 1 atom stereocenters. The smallest absolute Gasteiger partial charge is 0.150 e. The fraction of sp³-hybridized carbons (Fsp3) is 0.538. The molecular weight excluding hydrogens is 288 g/mol. The first-order chi connectivity index (χ1) is 8.08. The van der Waals surface area contributed by atoms with Crippen LogP contribution >= 0.6 is 15.9 Å². The Morgan fingerprint density at radius 3 is 2.29 bits per heavy atom. The van der Waals surface area contributed by atoms with E-state index in [2.05, 4.69) is 28.2 Å². The highest BCUT2D eigenvalue weighted by molar-refractivity contribution is 9.10. The van der Waals surface area contributed by atoms with Gasteiger partial charge in [-0.25, -0.2) is 8.78 Å². The lowest BCUT2D eigenvalue weighted by molar-refractivity contribution is 0.557. The second-order valence-electron chi connectivity index (χ2n) is 4.14. The van der Waals surface area contributed by atoms with Gasteiger partial charge in [0.25, 0.3) is 0 Å². The van der Waals surface area contributed by atoms with Gasteiger partial charge in [-0.3, -0.25) is 0 Å². The van der Waals surface area contributed by atoms with Crippen LogP contribution in [0, 0.1) is 11.6 Å². The van der Waals surface area contributed by atoms with Crippen LogP contribution in [0.25, 0.3) is 0 Å². The predicted octanol–water partition coefficient (Wildman–Crippen LogP) is 5.11. The predicted molar refractivity (Wildman–Crippen MR) is 71.3 cm³/mol. The van der Waals surface area contributed by atoms with E-state index in [9.17, 15) is 8.78 Å². The summed E-state index contributed by atoms with van der Waals surface area (Å²) in [5, 5.41) is 2.96. The molecule has 1 rings (SSSR count). The van der Waals surface area contributed by atoms with Crippen LogP contribution in [0.15, 0.2) is 16.6 Å². The van der Waals surface area contributed by atoms with Gasteiger partial charge >= 0.3 is 0 Å². The summed E-state index contributed by atoms with van der Waals surface area (Å²) >= 11 is 3.06. The molecular formula is C13H18BrF2N. The lowest BCUT2D eigenvalue weighted by atomic mass is 10.1. The van der Waals surface area contributed by atoms with E-state index in [1.807, 2.05) is 6.92 Å². The first kappa shape index (κ1) is 14.4. The molecule has 0 spiro atoms. The van der Waals surface area contributed by atoms with E-state index in [-0.39, 0.29) is 11.7 Å². The van der Waals surface area contributed by atoms with E-state index < -0.39 is 11.6 Å². The molecule has 0 fully saturated rings. The van der Waals surface area contributed by atoms with E-state index in [1.54, 1.807) is 0 Å². The average molecular weight is 306 g/mol. The summed E-state index contributed by atoms with van der Waals surface area (Å²) in [5.74, 6) is -1.10. The minimum absolute atomic E-state index is 0.0175. The van der Waals surface area contributed by atoms with Crippen molar-refractivity contribution in [2.24, 2.45) is 0 Å². The van der Waals surface area contributed by atoms with Crippen molar-refractivity contribution in [1.82, 2.24) is 0 Å². The number of unbranched alkanes of at least 4 members (excludes halogenated alkanes) is 1. The maximum atomic E-state index is 13.6. The Hall–Kier alpha value is -0.640. The van der Waals surface area contributed by atoms with E-state index in [4.69, 9.17) is 0 Å². The molecule has 1 aromatic rings. The Labute approximate surface area is 110 Å². The summed E-state index contributed by atoms with van der Waals surface area (Å²) < 4.78 is 27.6. The minimum Gasteiger partial charge on any atom is -0.378 e. The fourth-order valence-corrected chi connectivity index (χ4v) is 2.12. The van der Waals surface area contributed by atoms with Gasteiger partial charge in [-0.05, 0) is 25.0 Å². The molecule has 17 heavy (non-hydrogen) atoms. The van der Waals surface area contributed by atoms with Crippen molar-refractivity contribution in [2.75, 3.05) is 5.32 Å². The quantitative estimate of drug-likeness (QED) is 0.770. The monoisotopic (exact) mass is 305 g/mol. The molecule has 0 saturated heterocycles. The lowest BCUT2D eigenvalue weighted by Gasteiger charge is -2.19. The van der Waals surface area contributed by atoms with Crippen LogP contribution < -0.4 is 5.32 Å². The molecule has 0 radical (unpaired) electrons. The van der Waals surface area contributed by atoms with Gasteiger partial charge in [0.05, 0.1) is 0 Å². The lowest BCUT2D eigenvalue weighted by Crippen LogP contribution is -2.20. The number of rotatable bonds is 6. The van der Waals surface area contributed by atoms with Gasteiger partial charge in [-0.1, -0.05) is 42.6 Å². The zero-order chi connectivity index (χ0) is 12.8. The van der Waals surface area contributed by atoms with E-state index >= 15 is 0 Å². The Balaban J connectivity index is 2.78. The zero-order valence-corrected chi connectivity index (χ0v) is 11.8. The van der Waals surface area contributed by atoms with Gasteiger partial charge in [0.2, 0.25) is 0 Å². The van der Waals surface area contributed by atoms with Crippen LogP contribution in [0.1, 0.15) is 39.5 Å². The Morgan fingerprint density at radius 2 is 1.82 bits per heavy atom. The molecule has 0 amide bonds. The first-order valence-corrected chi connectivity index (χ1v) is 6.78. The maximum Gasteiger partial charge on any atom is 0.150 e. The summed E-state index contributed by atoms with van der Waals surface area (Å²) in [6, 6.07) is 2.68. The van der Waals surface area contributed by atoms with Crippen molar-refractivity contribution < 1.29 is 8.78 Å². The number of hydrogen-bond donors (Lipinski definition) is 1. The van der Waals surface area contributed by atoms with E-state index in [0.29, 0.717) is 4.47 Å². The number of benzene rings is 1. The van der Waals surface area contributed by atoms with Gasteiger partial charge in [0.15, 0.2) is 0 Å². The molecule has 1 unspecified atom stereocenters. The van der Waals surface area contributed by atoms with Gasteiger partial charge in [-0.15, -0.1) is 0 Å². The third kappa shape index (κ3) is 4.26. The molecule has 4 heteroatoms. The molecule has 1 N–H and O–H groups in total. The molecule has 0 heterocycles. The van der Waals surface area contributed by atoms with Crippen molar-refractivity contribution >= 4 is 21.6 Å². The third-order valence-electron chi connectivity index (χ3n) is 2.75. The molecule has 0 bridgehead atoms. The second-order valence-corrected chi connectivity index (χ2v) is 5.05. The average Bonchev–Trinajstić information content (AvgIpc) is 2.27. The van der Waals surface area contributed by atoms with Crippen LogP contribution in [0.3, 0.4) is 0 Å².